The Balaban J connectivity index is 1.66. The van der Waals surface area contributed by atoms with Crippen molar-refractivity contribution >= 4 is 27.5 Å². The van der Waals surface area contributed by atoms with E-state index in [2.05, 4.69) is 5.10 Å². The summed E-state index contributed by atoms with van der Waals surface area (Å²) in [5, 5.41) is 5.56. The van der Waals surface area contributed by atoms with Crippen molar-refractivity contribution in [2.45, 2.75) is 13.5 Å². The van der Waals surface area contributed by atoms with E-state index < -0.39 is 0 Å². The molecule has 0 spiro atoms. The van der Waals surface area contributed by atoms with Gasteiger partial charge in [-0.15, -0.1) is 11.3 Å². The highest BCUT2D eigenvalue weighted by atomic mass is 32.1. The van der Waals surface area contributed by atoms with Crippen LogP contribution in [0.2, 0.25) is 0 Å². The molecule has 4 nitrogen and oxygen atoms in total. The maximum atomic E-state index is 13.9. The molecule has 0 bridgehead atoms. The number of nitrogens with zero attached hydrogens (tertiary/aromatic N) is 3. The van der Waals surface area contributed by atoms with Gasteiger partial charge in [-0.25, -0.2) is 9.07 Å². The third kappa shape index (κ3) is 3.24. The van der Waals surface area contributed by atoms with Crippen LogP contribution in [0, 0.1) is 12.7 Å². The Morgan fingerprint density at radius 2 is 1.85 bits per heavy atom. The van der Waals surface area contributed by atoms with E-state index in [0.29, 0.717) is 10.4 Å². The summed E-state index contributed by atoms with van der Waals surface area (Å²) in [6, 6.07) is 18.2. The first-order chi connectivity index (χ1) is 13.0. The zero-order chi connectivity index (χ0) is 19.0. The van der Waals surface area contributed by atoms with Crippen LogP contribution in [0.15, 0.2) is 60.7 Å². The van der Waals surface area contributed by atoms with E-state index in [4.69, 9.17) is 0 Å². The smallest absolute Gasteiger partial charge is 0.264 e. The van der Waals surface area contributed by atoms with Crippen molar-refractivity contribution in [2.24, 2.45) is 0 Å². The first-order valence-corrected chi connectivity index (χ1v) is 9.39. The Morgan fingerprint density at radius 3 is 2.59 bits per heavy atom. The van der Waals surface area contributed by atoms with Crippen molar-refractivity contribution < 1.29 is 9.18 Å². The highest BCUT2D eigenvalue weighted by Crippen LogP contribution is 2.31. The fraction of sp³-hybridized carbons (Fsp3) is 0.143. The summed E-state index contributed by atoms with van der Waals surface area (Å²) in [6.07, 6.45) is 0. The third-order valence-corrected chi connectivity index (χ3v) is 5.57. The molecule has 1 amide bonds. The topological polar surface area (TPSA) is 38.1 Å². The minimum absolute atomic E-state index is 0.126. The van der Waals surface area contributed by atoms with Crippen LogP contribution in [0.5, 0.6) is 0 Å². The van der Waals surface area contributed by atoms with Gasteiger partial charge in [0.15, 0.2) is 0 Å². The summed E-state index contributed by atoms with van der Waals surface area (Å²) in [6.45, 7) is 2.16. The fourth-order valence-corrected chi connectivity index (χ4v) is 4.22. The van der Waals surface area contributed by atoms with Crippen molar-refractivity contribution in [1.29, 1.82) is 0 Å². The average molecular weight is 379 g/mol. The quantitative estimate of drug-likeness (QED) is 0.510. The summed E-state index contributed by atoms with van der Waals surface area (Å²) in [5.74, 6) is -0.428. The van der Waals surface area contributed by atoms with Gasteiger partial charge in [0.25, 0.3) is 5.91 Å². The van der Waals surface area contributed by atoms with Crippen LogP contribution < -0.4 is 0 Å². The highest BCUT2D eigenvalue weighted by molar-refractivity contribution is 7.20. The molecule has 2 heterocycles. The molecule has 4 aromatic rings. The molecule has 2 aromatic carbocycles. The van der Waals surface area contributed by atoms with E-state index in [1.165, 1.54) is 17.4 Å². The van der Waals surface area contributed by atoms with E-state index in [1.807, 2.05) is 48.0 Å². The second-order valence-electron chi connectivity index (χ2n) is 6.41. The number of thiophene rings is 1. The Hall–Kier alpha value is -2.99. The van der Waals surface area contributed by atoms with Crippen LogP contribution in [-0.2, 0) is 6.54 Å². The van der Waals surface area contributed by atoms with Gasteiger partial charge in [0.05, 0.1) is 16.3 Å². The van der Waals surface area contributed by atoms with E-state index in [-0.39, 0.29) is 18.3 Å². The van der Waals surface area contributed by atoms with Gasteiger partial charge in [-0.3, -0.25) is 4.79 Å². The van der Waals surface area contributed by atoms with Gasteiger partial charge in [0.2, 0.25) is 0 Å². The third-order valence-electron chi connectivity index (χ3n) is 4.47. The van der Waals surface area contributed by atoms with E-state index >= 15 is 0 Å². The molecule has 0 aliphatic heterocycles. The number of carbonyl (C=O) groups is 1. The lowest BCUT2D eigenvalue weighted by atomic mass is 10.2. The number of carbonyl (C=O) groups excluding carboxylic acids is 1. The first kappa shape index (κ1) is 17.4. The Bertz CT molecular complexity index is 1120. The number of para-hydroxylation sites is 1. The van der Waals surface area contributed by atoms with Crippen molar-refractivity contribution in [1.82, 2.24) is 14.7 Å². The number of aryl methyl sites for hydroxylation is 1. The van der Waals surface area contributed by atoms with Crippen molar-refractivity contribution in [3.05, 3.63) is 82.6 Å². The number of rotatable bonds is 4. The van der Waals surface area contributed by atoms with Gasteiger partial charge >= 0.3 is 0 Å². The van der Waals surface area contributed by atoms with Crippen LogP contribution in [0.3, 0.4) is 0 Å². The van der Waals surface area contributed by atoms with Crippen LogP contribution in [0.4, 0.5) is 4.39 Å². The maximum Gasteiger partial charge on any atom is 0.264 e. The monoisotopic (exact) mass is 379 g/mol. The Morgan fingerprint density at radius 1 is 1.15 bits per heavy atom. The zero-order valence-electron chi connectivity index (χ0n) is 15.0. The molecule has 0 fully saturated rings. The summed E-state index contributed by atoms with van der Waals surface area (Å²) in [7, 11) is 1.69. The number of halogens is 1. The lowest BCUT2D eigenvalue weighted by Gasteiger charge is -2.16. The van der Waals surface area contributed by atoms with Crippen LogP contribution in [-0.4, -0.2) is 27.6 Å². The molecular weight excluding hydrogens is 361 g/mol. The van der Waals surface area contributed by atoms with E-state index in [9.17, 15) is 9.18 Å². The molecular formula is C21H18FN3OS. The SMILES string of the molecule is Cc1nn(-c2ccccc2)c2sc(C(=O)N(C)Cc3ccccc3F)cc12. The fourth-order valence-electron chi connectivity index (χ4n) is 3.04. The molecule has 4 rings (SSSR count). The maximum absolute atomic E-state index is 13.9. The standard InChI is InChI=1S/C21H18FN3OS/c1-14-17-12-19(20(26)24(2)13-15-8-6-7-11-18(15)22)27-21(17)25(23-14)16-9-4-3-5-10-16/h3-12H,13H2,1-2H3. The molecule has 6 heteroatoms. The lowest BCUT2D eigenvalue weighted by Crippen LogP contribution is -2.25. The number of fused-ring (bicyclic) bond motifs is 1. The van der Waals surface area contributed by atoms with Crippen molar-refractivity contribution in [3.63, 3.8) is 0 Å². The van der Waals surface area contributed by atoms with Gasteiger partial charge in [-0.05, 0) is 31.2 Å². The Kier molecular flexibility index (Phi) is 4.49. The van der Waals surface area contributed by atoms with E-state index in [0.717, 1.165) is 21.6 Å². The number of amides is 1. The van der Waals surface area contributed by atoms with Crippen LogP contribution >= 0.6 is 11.3 Å². The Labute approximate surface area is 160 Å². The molecule has 136 valence electrons. The number of aromatic nitrogens is 2. The van der Waals surface area contributed by atoms with Gasteiger partial charge in [0.1, 0.15) is 10.6 Å². The second kappa shape index (κ2) is 6.96. The summed E-state index contributed by atoms with van der Waals surface area (Å²) < 4.78 is 15.7. The molecule has 27 heavy (non-hydrogen) atoms. The molecule has 0 radical (unpaired) electrons. The molecule has 0 atom stereocenters. The number of hydrogen-bond acceptors (Lipinski definition) is 3. The van der Waals surface area contributed by atoms with Gasteiger partial charge in [0, 0.05) is 24.5 Å². The van der Waals surface area contributed by atoms with Crippen molar-refractivity contribution in [2.75, 3.05) is 7.05 Å². The van der Waals surface area contributed by atoms with Gasteiger partial charge in [-0.2, -0.15) is 5.10 Å². The largest absolute Gasteiger partial charge is 0.337 e. The summed E-state index contributed by atoms with van der Waals surface area (Å²) in [5.41, 5.74) is 2.33. The van der Waals surface area contributed by atoms with E-state index in [1.54, 1.807) is 30.1 Å². The molecule has 0 unspecified atom stereocenters. The zero-order valence-corrected chi connectivity index (χ0v) is 15.8. The first-order valence-electron chi connectivity index (χ1n) is 8.58. The number of hydrogen-bond donors (Lipinski definition) is 0. The minimum Gasteiger partial charge on any atom is -0.337 e. The molecule has 0 aliphatic carbocycles. The predicted octanol–water partition coefficient (Wildman–Crippen LogP) is 4.81. The average Bonchev–Trinajstić information content (AvgIpc) is 3.24. The molecule has 0 saturated heterocycles. The van der Waals surface area contributed by atoms with Gasteiger partial charge in [-0.1, -0.05) is 36.4 Å². The lowest BCUT2D eigenvalue weighted by molar-refractivity contribution is 0.0788. The van der Waals surface area contributed by atoms with Crippen LogP contribution in [0.25, 0.3) is 15.9 Å². The normalized spacial score (nSPS) is 11.1. The predicted molar refractivity (Wildman–Crippen MR) is 106 cm³/mol. The van der Waals surface area contributed by atoms with Crippen LogP contribution in [0.1, 0.15) is 20.9 Å². The molecule has 0 aliphatic rings. The highest BCUT2D eigenvalue weighted by Gasteiger charge is 2.20. The molecule has 0 N–H and O–H groups in total. The molecule has 2 aromatic heterocycles. The minimum atomic E-state index is -0.302. The molecule has 0 saturated carbocycles. The van der Waals surface area contributed by atoms with Crippen molar-refractivity contribution in [3.8, 4) is 5.69 Å². The van der Waals surface area contributed by atoms with Gasteiger partial charge < -0.3 is 4.90 Å². The summed E-state index contributed by atoms with van der Waals surface area (Å²) >= 11 is 1.41. The summed E-state index contributed by atoms with van der Waals surface area (Å²) in [4.78, 5) is 16.0. The second-order valence-corrected chi connectivity index (χ2v) is 7.45. The number of benzene rings is 2.